The predicted molar refractivity (Wildman–Crippen MR) is 110 cm³/mol. The summed E-state index contributed by atoms with van der Waals surface area (Å²) < 4.78 is 40.8. The van der Waals surface area contributed by atoms with Gasteiger partial charge in [-0.05, 0) is 69.3 Å². The van der Waals surface area contributed by atoms with Crippen molar-refractivity contribution in [2.24, 2.45) is 0 Å². The highest BCUT2D eigenvalue weighted by molar-refractivity contribution is 7.89. The van der Waals surface area contributed by atoms with Gasteiger partial charge in [-0.3, -0.25) is 4.79 Å². The Morgan fingerprint density at radius 3 is 2.41 bits per heavy atom. The summed E-state index contributed by atoms with van der Waals surface area (Å²) >= 11 is 0. The van der Waals surface area contributed by atoms with Crippen molar-refractivity contribution in [3.8, 4) is 0 Å². The van der Waals surface area contributed by atoms with E-state index in [0.717, 1.165) is 18.4 Å². The average Bonchev–Trinajstić information content (AvgIpc) is 3.46. The smallest absolute Gasteiger partial charge is 0.251 e. The summed E-state index contributed by atoms with van der Waals surface area (Å²) in [6.07, 6.45) is 1.68. The molecule has 1 saturated carbocycles. The Balaban J connectivity index is 1.75. The Morgan fingerprint density at radius 2 is 1.83 bits per heavy atom. The fourth-order valence-corrected chi connectivity index (χ4v) is 4.40. The quantitative estimate of drug-likeness (QED) is 0.690. The van der Waals surface area contributed by atoms with E-state index in [9.17, 15) is 17.6 Å². The van der Waals surface area contributed by atoms with E-state index >= 15 is 0 Å². The van der Waals surface area contributed by atoms with Gasteiger partial charge in [-0.15, -0.1) is 0 Å². The topological polar surface area (TPSA) is 78.5 Å². The molecule has 0 bridgehead atoms. The number of sulfonamides is 1. The van der Waals surface area contributed by atoms with Crippen LogP contribution in [-0.2, 0) is 10.0 Å². The Kier molecular flexibility index (Phi) is 6.36. The number of carbonyl (C=O) groups is 1. The second kappa shape index (κ2) is 8.61. The number of nitrogens with one attached hydrogen (secondary N) is 2. The largest absolute Gasteiger partial charge is 0.350 e. The van der Waals surface area contributed by atoms with Crippen LogP contribution in [0.25, 0.3) is 0 Å². The summed E-state index contributed by atoms with van der Waals surface area (Å²) in [5, 5.41) is 2.88. The number of amides is 1. The minimum absolute atomic E-state index is 0.00450. The molecule has 3 rings (SSSR count). The molecule has 0 saturated heterocycles. The second-order valence-electron chi connectivity index (χ2n) is 7.61. The number of nitrogens with zero attached hydrogens (tertiary/aromatic N) is 1. The van der Waals surface area contributed by atoms with Gasteiger partial charge in [-0.2, -0.15) is 0 Å². The lowest BCUT2D eigenvalue weighted by molar-refractivity contribution is 0.0941. The molecule has 2 aromatic rings. The van der Waals surface area contributed by atoms with Crippen molar-refractivity contribution in [3.05, 3.63) is 65.0 Å². The zero-order valence-corrected chi connectivity index (χ0v) is 17.6. The SMILES string of the molecule is Cc1ccc(S(=O)(=O)NC2CC2)cc1C(=O)NCC(c1ccc(F)cc1)N(C)C. The Hall–Kier alpha value is -2.29. The molecule has 0 radical (unpaired) electrons. The summed E-state index contributed by atoms with van der Waals surface area (Å²) in [4.78, 5) is 14.8. The molecular formula is C21H26FN3O3S. The molecule has 156 valence electrons. The molecule has 6 nitrogen and oxygen atoms in total. The molecule has 0 spiro atoms. The molecule has 1 amide bonds. The number of rotatable bonds is 8. The highest BCUT2D eigenvalue weighted by Gasteiger charge is 2.28. The molecule has 0 heterocycles. The first-order valence-electron chi connectivity index (χ1n) is 9.50. The van der Waals surface area contributed by atoms with Crippen molar-refractivity contribution in [1.29, 1.82) is 0 Å². The molecule has 29 heavy (non-hydrogen) atoms. The Labute approximate surface area is 171 Å². The zero-order chi connectivity index (χ0) is 21.2. The van der Waals surface area contributed by atoms with E-state index in [0.29, 0.717) is 17.7 Å². The van der Waals surface area contributed by atoms with E-state index in [2.05, 4.69) is 10.0 Å². The number of carbonyl (C=O) groups excluding carboxylic acids is 1. The number of hydrogen-bond donors (Lipinski definition) is 2. The van der Waals surface area contributed by atoms with Crippen molar-refractivity contribution in [2.75, 3.05) is 20.6 Å². The van der Waals surface area contributed by atoms with Gasteiger partial charge in [0.25, 0.3) is 5.91 Å². The molecular weight excluding hydrogens is 393 g/mol. The predicted octanol–water partition coefficient (Wildman–Crippen LogP) is 2.61. The van der Waals surface area contributed by atoms with Crippen LogP contribution < -0.4 is 10.0 Å². The Bertz CT molecular complexity index is 987. The van der Waals surface area contributed by atoms with Gasteiger partial charge in [0.05, 0.1) is 10.9 Å². The third kappa shape index (κ3) is 5.41. The van der Waals surface area contributed by atoms with Crippen molar-refractivity contribution in [2.45, 2.75) is 36.7 Å². The number of hydrogen-bond acceptors (Lipinski definition) is 4. The molecule has 1 fully saturated rings. The summed E-state index contributed by atoms with van der Waals surface area (Å²) in [5.41, 5.74) is 1.88. The second-order valence-corrected chi connectivity index (χ2v) is 9.33. The molecule has 0 aromatic heterocycles. The molecule has 2 aromatic carbocycles. The molecule has 2 N–H and O–H groups in total. The van der Waals surface area contributed by atoms with Crippen molar-refractivity contribution in [3.63, 3.8) is 0 Å². The van der Waals surface area contributed by atoms with Crippen LogP contribution in [0, 0.1) is 12.7 Å². The van der Waals surface area contributed by atoms with Crippen LogP contribution in [-0.4, -0.2) is 45.9 Å². The molecule has 0 aliphatic heterocycles. The first kappa shape index (κ1) is 21.4. The fraction of sp³-hybridized carbons (Fsp3) is 0.381. The lowest BCUT2D eigenvalue weighted by Crippen LogP contribution is -2.35. The summed E-state index contributed by atoms with van der Waals surface area (Å²) in [6, 6.07) is 10.6. The first-order chi connectivity index (χ1) is 13.7. The van der Waals surface area contributed by atoms with Crippen LogP contribution in [0.15, 0.2) is 47.4 Å². The number of aryl methyl sites for hydroxylation is 1. The number of benzene rings is 2. The van der Waals surface area contributed by atoms with Crippen molar-refractivity contribution < 1.29 is 17.6 Å². The summed E-state index contributed by atoms with van der Waals surface area (Å²) in [6.45, 7) is 2.07. The highest BCUT2D eigenvalue weighted by atomic mass is 32.2. The number of likely N-dealkylation sites (N-methyl/N-ethyl adjacent to an activating group) is 1. The maximum atomic E-state index is 13.2. The fourth-order valence-electron chi connectivity index (χ4n) is 3.07. The van der Waals surface area contributed by atoms with E-state index < -0.39 is 10.0 Å². The van der Waals surface area contributed by atoms with Gasteiger partial charge in [0.1, 0.15) is 5.82 Å². The minimum Gasteiger partial charge on any atom is -0.350 e. The van der Waals surface area contributed by atoms with E-state index in [1.807, 2.05) is 19.0 Å². The van der Waals surface area contributed by atoms with E-state index in [1.54, 1.807) is 25.1 Å². The van der Waals surface area contributed by atoms with Gasteiger partial charge in [-0.1, -0.05) is 18.2 Å². The maximum Gasteiger partial charge on any atom is 0.251 e. The lowest BCUT2D eigenvalue weighted by atomic mass is 10.0. The van der Waals surface area contributed by atoms with Crippen molar-refractivity contribution >= 4 is 15.9 Å². The van der Waals surface area contributed by atoms with Crippen LogP contribution in [0.2, 0.25) is 0 Å². The van der Waals surface area contributed by atoms with Crippen LogP contribution in [0.1, 0.15) is 40.4 Å². The van der Waals surface area contributed by atoms with Crippen LogP contribution in [0.5, 0.6) is 0 Å². The van der Waals surface area contributed by atoms with Crippen LogP contribution in [0.4, 0.5) is 4.39 Å². The molecule has 1 unspecified atom stereocenters. The van der Waals surface area contributed by atoms with E-state index in [-0.39, 0.29) is 28.7 Å². The van der Waals surface area contributed by atoms with E-state index in [1.165, 1.54) is 24.3 Å². The van der Waals surface area contributed by atoms with Gasteiger partial charge in [-0.25, -0.2) is 17.5 Å². The molecule has 8 heteroatoms. The third-order valence-corrected chi connectivity index (χ3v) is 6.52. The van der Waals surface area contributed by atoms with Crippen LogP contribution >= 0.6 is 0 Å². The molecule has 1 aliphatic rings. The van der Waals surface area contributed by atoms with Crippen LogP contribution in [0.3, 0.4) is 0 Å². The normalized spacial score (nSPS) is 15.3. The standard InChI is InChI=1S/C21H26FN3O3S/c1-14-4-11-18(29(27,28)24-17-9-10-17)12-19(14)21(26)23-13-20(25(2)3)15-5-7-16(22)8-6-15/h4-8,11-12,17,20,24H,9-10,13H2,1-3H3,(H,23,26). The number of halogens is 1. The Morgan fingerprint density at radius 1 is 1.17 bits per heavy atom. The third-order valence-electron chi connectivity index (χ3n) is 5.00. The van der Waals surface area contributed by atoms with Gasteiger partial charge in [0, 0.05) is 18.2 Å². The van der Waals surface area contributed by atoms with Gasteiger partial charge in [0.15, 0.2) is 0 Å². The molecule has 1 aliphatic carbocycles. The lowest BCUT2D eigenvalue weighted by Gasteiger charge is -2.25. The van der Waals surface area contributed by atoms with Gasteiger partial charge < -0.3 is 10.2 Å². The molecule has 1 atom stereocenters. The van der Waals surface area contributed by atoms with Crippen molar-refractivity contribution in [1.82, 2.24) is 14.9 Å². The van der Waals surface area contributed by atoms with Gasteiger partial charge >= 0.3 is 0 Å². The first-order valence-corrected chi connectivity index (χ1v) is 11.0. The highest BCUT2D eigenvalue weighted by Crippen LogP contribution is 2.23. The zero-order valence-electron chi connectivity index (χ0n) is 16.8. The summed E-state index contributed by atoms with van der Waals surface area (Å²) in [5.74, 6) is -0.663. The maximum absolute atomic E-state index is 13.2. The summed E-state index contributed by atoms with van der Waals surface area (Å²) in [7, 11) is 0.119. The van der Waals surface area contributed by atoms with Gasteiger partial charge in [0.2, 0.25) is 10.0 Å². The average molecular weight is 420 g/mol. The monoisotopic (exact) mass is 419 g/mol. The minimum atomic E-state index is -3.64. The van der Waals surface area contributed by atoms with E-state index in [4.69, 9.17) is 0 Å².